The molecule has 2 rings (SSSR count). The molecular weight excluding hydrogens is 326 g/mol. The summed E-state index contributed by atoms with van der Waals surface area (Å²) in [6.45, 7) is 3.90. The van der Waals surface area contributed by atoms with Gasteiger partial charge < -0.3 is 10.1 Å². The Hall–Kier alpha value is -2.33. The van der Waals surface area contributed by atoms with Crippen LogP contribution in [0.2, 0.25) is 5.02 Å². The van der Waals surface area contributed by atoms with E-state index in [0.29, 0.717) is 22.8 Å². The molecular formula is C19H20ClNO3. The van der Waals surface area contributed by atoms with Gasteiger partial charge in [-0.05, 0) is 37.1 Å². The first-order valence-electron chi connectivity index (χ1n) is 7.79. The number of hydrogen-bond acceptors (Lipinski definition) is 3. The van der Waals surface area contributed by atoms with Crippen molar-refractivity contribution in [1.82, 2.24) is 5.32 Å². The van der Waals surface area contributed by atoms with Gasteiger partial charge in [0.15, 0.2) is 0 Å². The van der Waals surface area contributed by atoms with Crippen LogP contribution in [-0.2, 0) is 9.53 Å². The maximum absolute atomic E-state index is 12.6. The Morgan fingerprint density at radius 3 is 2.46 bits per heavy atom. The third-order valence-electron chi connectivity index (χ3n) is 3.65. The van der Waals surface area contributed by atoms with E-state index in [1.807, 2.05) is 25.1 Å². The molecule has 1 unspecified atom stereocenters. The Morgan fingerprint density at radius 2 is 1.79 bits per heavy atom. The van der Waals surface area contributed by atoms with Crippen molar-refractivity contribution in [2.24, 2.45) is 0 Å². The summed E-state index contributed by atoms with van der Waals surface area (Å²) in [5.74, 6) is -0.630. The lowest BCUT2D eigenvalue weighted by Crippen LogP contribution is -2.31. The molecule has 2 aromatic rings. The molecule has 0 aliphatic rings. The lowest BCUT2D eigenvalue weighted by Gasteiger charge is -2.20. The van der Waals surface area contributed by atoms with E-state index >= 15 is 0 Å². The summed E-state index contributed by atoms with van der Waals surface area (Å²) in [4.78, 5) is 24.5. The Labute approximate surface area is 146 Å². The Kier molecular flexibility index (Phi) is 6.38. The van der Waals surface area contributed by atoms with Crippen LogP contribution < -0.4 is 5.32 Å². The largest absolute Gasteiger partial charge is 0.466 e. The van der Waals surface area contributed by atoms with Crippen molar-refractivity contribution in [1.29, 1.82) is 0 Å². The molecule has 126 valence electrons. The molecule has 0 saturated carbocycles. The Bertz CT molecular complexity index is 730. The summed E-state index contributed by atoms with van der Waals surface area (Å²) in [6, 6.07) is 13.9. The Balaban J connectivity index is 2.26. The lowest BCUT2D eigenvalue weighted by atomic mass is 10.0. The first-order valence-corrected chi connectivity index (χ1v) is 8.17. The summed E-state index contributed by atoms with van der Waals surface area (Å²) in [6.07, 6.45) is 0.0230. The fourth-order valence-corrected chi connectivity index (χ4v) is 2.71. The van der Waals surface area contributed by atoms with Crippen molar-refractivity contribution in [3.8, 4) is 0 Å². The number of ether oxygens (including phenoxy) is 1. The molecule has 4 nitrogen and oxygen atoms in total. The van der Waals surface area contributed by atoms with Gasteiger partial charge in [-0.3, -0.25) is 9.59 Å². The molecule has 2 aromatic carbocycles. The predicted octanol–water partition coefficient (Wildman–Crippen LogP) is 4.07. The van der Waals surface area contributed by atoms with E-state index in [9.17, 15) is 9.59 Å². The van der Waals surface area contributed by atoms with Crippen LogP contribution in [0.1, 0.15) is 40.9 Å². The minimum Gasteiger partial charge on any atom is -0.466 e. The number of benzene rings is 2. The number of carbonyl (C=O) groups is 2. The van der Waals surface area contributed by atoms with Crippen LogP contribution >= 0.6 is 11.6 Å². The number of amides is 1. The van der Waals surface area contributed by atoms with Gasteiger partial charge in [-0.2, -0.15) is 0 Å². The van der Waals surface area contributed by atoms with E-state index in [-0.39, 0.29) is 18.3 Å². The maximum Gasteiger partial charge on any atom is 0.308 e. The zero-order valence-electron chi connectivity index (χ0n) is 13.7. The molecule has 0 saturated heterocycles. The van der Waals surface area contributed by atoms with Crippen LogP contribution in [-0.4, -0.2) is 18.5 Å². The minimum atomic E-state index is -0.551. The summed E-state index contributed by atoms with van der Waals surface area (Å²) in [5, 5.41) is 3.39. The quantitative estimate of drug-likeness (QED) is 0.803. The smallest absolute Gasteiger partial charge is 0.308 e. The van der Waals surface area contributed by atoms with E-state index < -0.39 is 6.04 Å². The molecule has 0 bridgehead atoms. The maximum atomic E-state index is 12.6. The summed E-state index contributed by atoms with van der Waals surface area (Å²) >= 11 is 6.24. The van der Waals surface area contributed by atoms with Gasteiger partial charge in [-0.15, -0.1) is 0 Å². The summed E-state index contributed by atoms with van der Waals surface area (Å²) in [7, 11) is 0. The molecule has 0 radical (unpaired) electrons. The highest BCUT2D eigenvalue weighted by molar-refractivity contribution is 6.31. The lowest BCUT2D eigenvalue weighted by molar-refractivity contribution is -0.143. The monoisotopic (exact) mass is 345 g/mol. The van der Waals surface area contributed by atoms with Crippen molar-refractivity contribution >= 4 is 23.5 Å². The number of carbonyl (C=O) groups excluding carboxylic acids is 2. The van der Waals surface area contributed by atoms with E-state index in [4.69, 9.17) is 16.3 Å². The number of aryl methyl sites for hydroxylation is 1. The molecule has 0 heterocycles. The van der Waals surface area contributed by atoms with Gasteiger partial charge in [0.1, 0.15) is 0 Å². The van der Waals surface area contributed by atoms with Crippen LogP contribution in [0.25, 0.3) is 0 Å². The number of nitrogens with one attached hydrogen (secondary N) is 1. The number of halogens is 1. The molecule has 0 aliphatic heterocycles. The van der Waals surface area contributed by atoms with Gasteiger partial charge in [-0.1, -0.05) is 48.0 Å². The second-order valence-electron chi connectivity index (χ2n) is 5.37. The first-order chi connectivity index (χ1) is 11.5. The fraction of sp³-hybridized carbons (Fsp3) is 0.263. The molecule has 0 spiro atoms. The van der Waals surface area contributed by atoms with E-state index in [0.717, 1.165) is 5.56 Å². The fourth-order valence-electron chi connectivity index (χ4n) is 2.45. The molecule has 1 amide bonds. The highest BCUT2D eigenvalue weighted by Crippen LogP contribution is 2.26. The van der Waals surface area contributed by atoms with Crippen LogP contribution in [0.15, 0.2) is 48.5 Å². The second-order valence-corrected chi connectivity index (χ2v) is 5.78. The van der Waals surface area contributed by atoms with Crippen LogP contribution in [0.5, 0.6) is 0 Å². The zero-order valence-corrected chi connectivity index (χ0v) is 14.5. The predicted molar refractivity (Wildman–Crippen MR) is 94.1 cm³/mol. The molecule has 0 fully saturated rings. The van der Waals surface area contributed by atoms with Gasteiger partial charge >= 0.3 is 5.97 Å². The average molecular weight is 346 g/mol. The zero-order chi connectivity index (χ0) is 17.5. The first kappa shape index (κ1) is 18.0. The number of esters is 1. The second kappa shape index (κ2) is 8.50. The molecule has 1 N–H and O–H groups in total. The van der Waals surface area contributed by atoms with E-state index in [1.165, 1.54) is 0 Å². The minimum absolute atomic E-state index is 0.0230. The van der Waals surface area contributed by atoms with Gasteiger partial charge in [0, 0.05) is 10.6 Å². The number of rotatable bonds is 6. The van der Waals surface area contributed by atoms with E-state index in [2.05, 4.69) is 5.32 Å². The molecule has 5 heteroatoms. The molecule has 24 heavy (non-hydrogen) atoms. The van der Waals surface area contributed by atoms with Crippen LogP contribution in [0.3, 0.4) is 0 Å². The van der Waals surface area contributed by atoms with Gasteiger partial charge in [0.05, 0.1) is 19.1 Å². The highest BCUT2D eigenvalue weighted by atomic mass is 35.5. The summed E-state index contributed by atoms with van der Waals surface area (Å²) < 4.78 is 5.01. The van der Waals surface area contributed by atoms with Crippen molar-refractivity contribution in [2.75, 3.05) is 6.61 Å². The van der Waals surface area contributed by atoms with Gasteiger partial charge in [0.2, 0.25) is 0 Å². The molecule has 0 aromatic heterocycles. The van der Waals surface area contributed by atoms with Crippen LogP contribution in [0, 0.1) is 6.92 Å². The van der Waals surface area contributed by atoms with Gasteiger partial charge in [0.25, 0.3) is 5.91 Å². The van der Waals surface area contributed by atoms with Crippen molar-refractivity contribution < 1.29 is 14.3 Å². The van der Waals surface area contributed by atoms with Crippen molar-refractivity contribution in [3.63, 3.8) is 0 Å². The topological polar surface area (TPSA) is 55.4 Å². The van der Waals surface area contributed by atoms with Gasteiger partial charge in [-0.25, -0.2) is 0 Å². The number of hydrogen-bond donors (Lipinski definition) is 1. The van der Waals surface area contributed by atoms with Crippen molar-refractivity contribution in [2.45, 2.75) is 26.3 Å². The summed E-state index contributed by atoms with van der Waals surface area (Å²) in [5.41, 5.74) is 2.12. The van der Waals surface area contributed by atoms with Crippen molar-refractivity contribution in [3.05, 3.63) is 70.2 Å². The molecule has 0 aliphatic carbocycles. The van der Waals surface area contributed by atoms with Crippen LogP contribution in [0.4, 0.5) is 0 Å². The van der Waals surface area contributed by atoms with E-state index in [1.54, 1.807) is 37.3 Å². The third-order valence-corrected chi connectivity index (χ3v) is 4.00. The SMILES string of the molecule is CCOC(=O)CC(NC(=O)c1ccccc1C)c1ccccc1Cl. The third kappa shape index (κ3) is 4.59. The normalized spacial score (nSPS) is 11.6. The highest BCUT2D eigenvalue weighted by Gasteiger charge is 2.22. The standard InChI is InChI=1S/C19H20ClNO3/c1-3-24-18(22)12-17(15-10-6-7-11-16(15)20)21-19(23)14-9-5-4-8-13(14)2/h4-11,17H,3,12H2,1-2H3,(H,21,23). The molecule has 1 atom stereocenters. The Morgan fingerprint density at radius 1 is 1.12 bits per heavy atom. The average Bonchev–Trinajstić information content (AvgIpc) is 2.55.